The number of hydrogen-bond donors (Lipinski definition) is 1. The van der Waals surface area contributed by atoms with Gasteiger partial charge in [0, 0.05) is 10.6 Å². The fourth-order valence-corrected chi connectivity index (χ4v) is 4.79. The van der Waals surface area contributed by atoms with Crippen molar-refractivity contribution >= 4 is 44.6 Å². The summed E-state index contributed by atoms with van der Waals surface area (Å²) in [5.74, 6) is 0.743. The number of aryl methyl sites for hydroxylation is 1. The van der Waals surface area contributed by atoms with Crippen molar-refractivity contribution < 1.29 is 4.74 Å². The Bertz CT molecular complexity index is 643. The van der Waals surface area contributed by atoms with Crippen molar-refractivity contribution in [2.45, 2.75) is 32.2 Å². The zero-order chi connectivity index (χ0) is 14.8. The van der Waals surface area contributed by atoms with Crippen LogP contribution in [0.1, 0.15) is 36.2 Å². The Hall–Kier alpha value is -0.710. The second-order valence-electron chi connectivity index (χ2n) is 5.10. The van der Waals surface area contributed by atoms with Crippen molar-refractivity contribution in [3.05, 3.63) is 43.5 Å². The lowest BCUT2D eigenvalue weighted by Gasteiger charge is -2.25. The summed E-state index contributed by atoms with van der Waals surface area (Å²) in [6.07, 6.45) is 3.57. The third-order valence-electron chi connectivity index (χ3n) is 3.66. The van der Waals surface area contributed by atoms with Gasteiger partial charge in [0.15, 0.2) is 0 Å². The van der Waals surface area contributed by atoms with Gasteiger partial charge in [0.25, 0.3) is 0 Å². The van der Waals surface area contributed by atoms with E-state index in [1.54, 1.807) is 0 Å². The molecule has 1 atom stereocenters. The minimum atomic E-state index is 0.366. The third kappa shape index (κ3) is 3.38. The van der Waals surface area contributed by atoms with Crippen molar-refractivity contribution in [2.24, 2.45) is 0 Å². The van der Waals surface area contributed by atoms with Gasteiger partial charge in [-0.1, -0.05) is 11.6 Å². The molecule has 1 unspecified atom stereocenters. The smallest absolute Gasteiger partial charge is 0.138 e. The summed E-state index contributed by atoms with van der Waals surface area (Å²) in [5, 5.41) is 4.26. The van der Waals surface area contributed by atoms with Crippen molar-refractivity contribution in [1.29, 1.82) is 0 Å². The predicted molar refractivity (Wildman–Crippen MR) is 93.9 cm³/mol. The topological polar surface area (TPSA) is 21.3 Å². The SMILES string of the molecule is CCOc1ccc(NC2CCCc3sc(Br)cc32)cc1Cl. The normalized spacial score (nSPS) is 17.4. The van der Waals surface area contributed by atoms with Gasteiger partial charge in [-0.2, -0.15) is 0 Å². The van der Waals surface area contributed by atoms with Crippen molar-refractivity contribution in [1.82, 2.24) is 0 Å². The number of hydrogen-bond acceptors (Lipinski definition) is 3. The van der Waals surface area contributed by atoms with Gasteiger partial charge in [-0.25, -0.2) is 0 Å². The largest absolute Gasteiger partial charge is 0.492 e. The first-order valence-corrected chi connectivity index (χ1v) is 9.13. The monoisotopic (exact) mass is 385 g/mol. The number of rotatable bonds is 4. The Morgan fingerprint density at radius 1 is 1.43 bits per heavy atom. The minimum Gasteiger partial charge on any atom is -0.492 e. The fraction of sp³-hybridized carbons (Fsp3) is 0.375. The Labute approximate surface area is 142 Å². The number of thiophene rings is 1. The molecule has 0 saturated heterocycles. The van der Waals surface area contributed by atoms with E-state index in [0.717, 1.165) is 17.9 Å². The molecule has 2 nitrogen and oxygen atoms in total. The molecule has 2 aromatic rings. The highest BCUT2D eigenvalue weighted by Crippen LogP contribution is 2.40. The van der Waals surface area contributed by atoms with Crippen LogP contribution in [-0.4, -0.2) is 6.61 Å². The van der Waals surface area contributed by atoms with Crippen LogP contribution in [0.25, 0.3) is 0 Å². The van der Waals surface area contributed by atoms with Crippen LogP contribution in [0.3, 0.4) is 0 Å². The van der Waals surface area contributed by atoms with Crippen LogP contribution < -0.4 is 10.1 Å². The van der Waals surface area contributed by atoms with Crippen LogP contribution in [-0.2, 0) is 6.42 Å². The highest BCUT2D eigenvalue weighted by molar-refractivity contribution is 9.11. The maximum Gasteiger partial charge on any atom is 0.138 e. The highest BCUT2D eigenvalue weighted by atomic mass is 79.9. The number of benzene rings is 1. The van der Waals surface area contributed by atoms with E-state index in [1.165, 1.54) is 27.1 Å². The summed E-state index contributed by atoms with van der Waals surface area (Å²) in [4.78, 5) is 1.49. The minimum absolute atomic E-state index is 0.366. The van der Waals surface area contributed by atoms with Gasteiger partial charge in [0.05, 0.1) is 21.5 Å². The van der Waals surface area contributed by atoms with Gasteiger partial charge >= 0.3 is 0 Å². The number of anilines is 1. The molecule has 0 spiro atoms. The summed E-state index contributed by atoms with van der Waals surface area (Å²) in [6.45, 7) is 2.59. The Morgan fingerprint density at radius 3 is 3.05 bits per heavy atom. The summed E-state index contributed by atoms with van der Waals surface area (Å²) < 4.78 is 6.69. The van der Waals surface area contributed by atoms with E-state index >= 15 is 0 Å². The number of fused-ring (bicyclic) bond motifs is 1. The van der Waals surface area contributed by atoms with Gasteiger partial charge in [-0.15, -0.1) is 11.3 Å². The molecule has 3 rings (SSSR count). The molecule has 0 bridgehead atoms. The lowest BCUT2D eigenvalue weighted by atomic mass is 9.94. The molecule has 1 aromatic heterocycles. The van der Waals surface area contributed by atoms with E-state index in [-0.39, 0.29) is 0 Å². The maximum absolute atomic E-state index is 6.26. The Kier molecular flexibility index (Phi) is 4.77. The Balaban J connectivity index is 1.80. The molecule has 5 heteroatoms. The molecule has 1 N–H and O–H groups in total. The second-order valence-corrected chi connectivity index (χ2v) is 8.02. The molecule has 0 aliphatic heterocycles. The molecule has 21 heavy (non-hydrogen) atoms. The molecular formula is C16H17BrClNOS. The molecular weight excluding hydrogens is 370 g/mol. The van der Waals surface area contributed by atoms with E-state index in [9.17, 15) is 0 Å². The molecule has 1 heterocycles. The van der Waals surface area contributed by atoms with E-state index in [2.05, 4.69) is 27.3 Å². The van der Waals surface area contributed by atoms with Gasteiger partial charge < -0.3 is 10.1 Å². The molecule has 1 aliphatic rings. The van der Waals surface area contributed by atoms with E-state index in [4.69, 9.17) is 16.3 Å². The summed E-state index contributed by atoms with van der Waals surface area (Å²) in [5.41, 5.74) is 2.46. The van der Waals surface area contributed by atoms with E-state index < -0.39 is 0 Å². The quantitative estimate of drug-likeness (QED) is 0.690. The van der Waals surface area contributed by atoms with Crippen molar-refractivity contribution in [2.75, 3.05) is 11.9 Å². The van der Waals surface area contributed by atoms with Crippen LogP contribution >= 0.6 is 38.9 Å². The predicted octanol–water partition coefficient (Wildman–Crippen LogP) is 6.05. The zero-order valence-corrected chi connectivity index (χ0v) is 14.9. The van der Waals surface area contributed by atoms with Gasteiger partial charge in [-0.05, 0) is 71.9 Å². The molecule has 0 fully saturated rings. The lowest BCUT2D eigenvalue weighted by Crippen LogP contribution is -2.15. The zero-order valence-electron chi connectivity index (χ0n) is 11.8. The van der Waals surface area contributed by atoms with E-state index in [0.29, 0.717) is 17.7 Å². The standard InChI is InChI=1S/C16H17BrClNOS/c1-2-20-14-7-6-10(8-12(14)18)19-13-4-3-5-15-11(13)9-16(17)21-15/h6-9,13,19H,2-5H2,1H3. The van der Waals surface area contributed by atoms with Gasteiger partial charge in [0.1, 0.15) is 5.75 Å². The highest BCUT2D eigenvalue weighted by Gasteiger charge is 2.22. The first kappa shape index (κ1) is 15.2. The number of halogens is 2. The van der Waals surface area contributed by atoms with Crippen LogP contribution in [0.2, 0.25) is 5.02 Å². The average molecular weight is 387 g/mol. The Morgan fingerprint density at radius 2 is 2.29 bits per heavy atom. The third-order valence-corrected chi connectivity index (χ3v) is 5.67. The lowest BCUT2D eigenvalue weighted by molar-refractivity contribution is 0.340. The molecule has 0 radical (unpaired) electrons. The summed E-state index contributed by atoms with van der Waals surface area (Å²) in [7, 11) is 0. The van der Waals surface area contributed by atoms with Crippen molar-refractivity contribution in [3.63, 3.8) is 0 Å². The van der Waals surface area contributed by atoms with Crippen LogP contribution in [0.4, 0.5) is 5.69 Å². The van der Waals surface area contributed by atoms with Crippen LogP contribution in [0.15, 0.2) is 28.1 Å². The first-order valence-electron chi connectivity index (χ1n) is 7.14. The van der Waals surface area contributed by atoms with Gasteiger partial charge in [0.2, 0.25) is 0 Å². The van der Waals surface area contributed by atoms with Gasteiger partial charge in [-0.3, -0.25) is 0 Å². The summed E-state index contributed by atoms with van der Waals surface area (Å²) in [6, 6.07) is 8.52. The van der Waals surface area contributed by atoms with Crippen LogP contribution in [0.5, 0.6) is 5.75 Å². The van der Waals surface area contributed by atoms with E-state index in [1.807, 2.05) is 36.5 Å². The number of ether oxygens (including phenoxy) is 1. The average Bonchev–Trinajstić information content (AvgIpc) is 2.83. The molecule has 0 saturated carbocycles. The fourth-order valence-electron chi connectivity index (χ4n) is 2.74. The molecule has 112 valence electrons. The maximum atomic E-state index is 6.26. The first-order chi connectivity index (χ1) is 10.2. The number of nitrogens with one attached hydrogen (secondary N) is 1. The van der Waals surface area contributed by atoms with Crippen molar-refractivity contribution in [3.8, 4) is 5.75 Å². The second kappa shape index (κ2) is 6.59. The molecule has 1 aliphatic carbocycles. The molecule has 1 aromatic carbocycles. The molecule has 0 amide bonds. The summed E-state index contributed by atoms with van der Waals surface area (Å²) >= 11 is 11.7. The van der Waals surface area contributed by atoms with Crippen LogP contribution in [0, 0.1) is 0 Å².